The third-order valence-electron chi connectivity index (χ3n) is 2.98. The van der Waals surface area contributed by atoms with E-state index in [-0.39, 0.29) is 23.2 Å². The normalized spacial score (nSPS) is 10.8. The minimum absolute atomic E-state index is 0.0659. The van der Waals surface area contributed by atoms with Crippen LogP contribution in [-0.2, 0) is 18.8 Å². The number of hydrogen-bond acceptors (Lipinski definition) is 5. The number of aryl methyl sites for hydroxylation is 1. The number of aromatic nitrogens is 3. The minimum Gasteiger partial charge on any atom is -0.462 e. The number of H-pyrrole nitrogens is 1. The van der Waals surface area contributed by atoms with E-state index in [0.717, 1.165) is 15.3 Å². The summed E-state index contributed by atoms with van der Waals surface area (Å²) in [7, 11) is 2.69. The van der Waals surface area contributed by atoms with Crippen LogP contribution in [0.1, 0.15) is 17.3 Å². The average Bonchev–Trinajstić information content (AvgIpc) is 2.42. The predicted octanol–water partition coefficient (Wildman–Crippen LogP) is -0.898. The first kappa shape index (κ1) is 13.8. The van der Waals surface area contributed by atoms with Crippen molar-refractivity contribution in [3.63, 3.8) is 0 Å². The minimum atomic E-state index is -0.813. The zero-order valence-electron chi connectivity index (χ0n) is 11.2. The van der Waals surface area contributed by atoms with Gasteiger partial charge in [-0.3, -0.25) is 18.7 Å². The maximum Gasteiger partial charge on any atom is 0.343 e. The SMILES string of the molecule is CCOC(=O)c1c[nH]c2c(c1=O)c(=O)n(C)c(=O)n2C. The Bertz CT molecular complexity index is 872. The van der Waals surface area contributed by atoms with E-state index >= 15 is 0 Å². The lowest BCUT2D eigenvalue weighted by atomic mass is 10.2. The summed E-state index contributed by atoms with van der Waals surface area (Å²) in [4.78, 5) is 50.3. The molecule has 0 aliphatic rings. The van der Waals surface area contributed by atoms with Crippen molar-refractivity contribution in [3.8, 4) is 0 Å². The van der Waals surface area contributed by atoms with Gasteiger partial charge in [0.2, 0.25) is 5.43 Å². The summed E-state index contributed by atoms with van der Waals surface area (Å²) in [5.74, 6) is -0.813. The number of hydrogen-bond donors (Lipinski definition) is 1. The molecule has 106 valence electrons. The molecule has 0 atom stereocenters. The van der Waals surface area contributed by atoms with E-state index in [1.807, 2.05) is 0 Å². The van der Waals surface area contributed by atoms with E-state index in [1.165, 1.54) is 14.1 Å². The maximum atomic E-state index is 12.2. The fourth-order valence-corrected chi connectivity index (χ4v) is 1.92. The lowest BCUT2D eigenvalue weighted by Crippen LogP contribution is -2.40. The first-order valence-electron chi connectivity index (χ1n) is 5.88. The van der Waals surface area contributed by atoms with Crippen LogP contribution in [0, 0.1) is 0 Å². The van der Waals surface area contributed by atoms with Gasteiger partial charge in [-0.15, -0.1) is 0 Å². The molecule has 8 nitrogen and oxygen atoms in total. The van der Waals surface area contributed by atoms with Crippen LogP contribution in [0.3, 0.4) is 0 Å². The Morgan fingerprint density at radius 1 is 1.25 bits per heavy atom. The first-order chi connectivity index (χ1) is 9.40. The number of aromatic amines is 1. The van der Waals surface area contributed by atoms with E-state index in [1.54, 1.807) is 6.92 Å². The third kappa shape index (κ3) is 1.85. The molecule has 8 heteroatoms. The molecule has 0 unspecified atom stereocenters. The second kappa shape index (κ2) is 4.80. The van der Waals surface area contributed by atoms with Crippen molar-refractivity contribution in [1.29, 1.82) is 0 Å². The van der Waals surface area contributed by atoms with Crippen molar-refractivity contribution < 1.29 is 9.53 Å². The zero-order valence-corrected chi connectivity index (χ0v) is 11.2. The molecule has 2 rings (SSSR count). The molecule has 0 saturated carbocycles. The van der Waals surface area contributed by atoms with E-state index < -0.39 is 22.6 Å². The van der Waals surface area contributed by atoms with Gasteiger partial charge in [0.1, 0.15) is 16.6 Å². The standard InChI is InChI=1S/C12H13N3O5/c1-4-20-11(18)6-5-13-9-7(8(6)16)10(17)15(3)12(19)14(9)2/h5H,4H2,1-3H3,(H,13,16). The van der Waals surface area contributed by atoms with Gasteiger partial charge in [0, 0.05) is 20.3 Å². The summed E-state index contributed by atoms with van der Waals surface area (Å²) in [5.41, 5.74) is -2.28. The average molecular weight is 279 g/mol. The molecule has 0 saturated heterocycles. The van der Waals surface area contributed by atoms with Gasteiger partial charge >= 0.3 is 11.7 Å². The highest BCUT2D eigenvalue weighted by molar-refractivity contribution is 5.92. The Labute approximate surface area is 112 Å². The number of pyridine rings is 1. The molecule has 0 aliphatic carbocycles. The quantitative estimate of drug-likeness (QED) is 0.718. The second-order valence-electron chi connectivity index (χ2n) is 4.18. The van der Waals surface area contributed by atoms with E-state index in [9.17, 15) is 19.2 Å². The molecular weight excluding hydrogens is 266 g/mol. The lowest BCUT2D eigenvalue weighted by molar-refractivity contribution is 0.0524. The smallest absolute Gasteiger partial charge is 0.343 e. The first-order valence-corrected chi connectivity index (χ1v) is 5.88. The molecule has 2 heterocycles. The molecule has 0 spiro atoms. The molecule has 0 amide bonds. The van der Waals surface area contributed by atoms with E-state index in [0.29, 0.717) is 0 Å². The van der Waals surface area contributed by atoms with Crippen molar-refractivity contribution >= 4 is 17.0 Å². The van der Waals surface area contributed by atoms with Crippen molar-refractivity contribution in [3.05, 3.63) is 42.8 Å². The van der Waals surface area contributed by atoms with E-state index in [2.05, 4.69) is 4.98 Å². The van der Waals surface area contributed by atoms with Gasteiger partial charge in [-0.05, 0) is 6.92 Å². The lowest BCUT2D eigenvalue weighted by Gasteiger charge is -2.08. The number of ether oxygens (including phenoxy) is 1. The van der Waals surface area contributed by atoms with Gasteiger partial charge in [-0.1, -0.05) is 0 Å². The number of nitrogens with one attached hydrogen (secondary N) is 1. The molecule has 0 radical (unpaired) electrons. The molecule has 0 fully saturated rings. The summed E-state index contributed by atoms with van der Waals surface area (Å²) in [6.45, 7) is 1.72. The summed E-state index contributed by atoms with van der Waals surface area (Å²) in [6.07, 6.45) is 1.14. The number of esters is 1. The fraction of sp³-hybridized carbons (Fsp3) is 0.333. The van der Waals surface area contributed by atoms with Gasteiger partial charge in [0.05, 0.1) is 6.61 Å². The Hall–Kier alpha value is -2.64. The van der Waals surface area contributed by atoms with Crippen LogP contribution >= 0.6 is 0 Å². The van der Waals surface area contributed by atoms with Crippen LogP contribution < -0.4 is 16.7 Å². The molecule has 1 N–H and O–H groups in total. The van der Waals surface area contributed by atoms with Crippen LogP contribution in [0.4, 0.5) is 0 Å². The molecule has 2 aromatic heterocycles. The molecule has 0 aromatic carbocycles. The third-order valence-corrected chi connectivity index (χ3v) is 2.98. The zero-order chi connectivity index (χ0) is 15.0. The number of carbonyl (C=O) groups is 1. The maximum absolute atomic E-state index is 12.2. The Balaban J connectivity index is 2.95. The predicted molar refractivity (Wildman–Crippen MR) is 71.0 cm³/mol. The van der Waals surface area contributed by atoms with E-state index in [4.69, 9.17) is 4.74 Å². The van der Waals surface area contributed by atoms with Gasteiger partial charge in [-0.2, -0.15) is 0 Å². The van der Waals surface area contributed by atoms with Gasteiger partial charge in [0.15, 0.2) is 0 Å². The Kier molecular flexibility index (Phi) is 3.31. The van der Waals surface area contributed by atoms with Gasteiger partial charge in [-0.25, -0.2) is 9.59 Å². The summed E-state index contributed by atoms with van der Waals surface area (Å²) < 4.78 is 6.69. The highest BCUT2D eigenvalue weighted by atomic mass is 16.5. The number of rotatable bonds is 2. The molecule has 20 heavy (non-hydrogen) atoms. The Morgan fingerprint density at radius 3 is 2.50 bits per heavy atom. The van der Waals surface area contributed by atoms with Crippen LogP contribution in [0.2, 0.25) is 0 Å². The van der Waals surface area contributed by atoms with Crippen LogP contribution in [0.5, 0.6) is 0 Å². The summed E-state index contributed by atoms with van der Waals surface area (Å²) in [5, 5.41) is -0.250. The topological polar surface area (TPSA) is 103 Å². The number of nitrogens with zero attached hydrogens (tertiary/aromatic N) is 2. The van der Waals surface area contributed by atoms with Gasteiger partial charge in [0.25, 0.3) is 5.56 Å². The highest BCUT2D eigenvalue weighted by Gasteiger charge is 2.18. The van der Waals surface area contributed by atoms with Crippen LogP contribution in [-0.4, -0.2) is 26.7 Å². The van der Waals surface area contributed by atoms with Crippen molar-refractivity contribution in [1.82, 2.24) is 14.1 Å². The van der Waals surface area contributed by atoms with Crippen molar-refractivity contribution in [2.45, 2.75) is 6.92 Å². The number of fused-ring (bicyclic) bond motifs is 1. The molecule has 0 bridgehead atoms. The van der Waals surface area contributed by atoms with Gasteiger partial charge < -0.3 is 9.72 Å². The van der Waals surface area contributed by atoms with Crippen molar-refractivity contribution in [2.24, 2.45) is 14.1 Å². The second-order valence-corrected chi connectivity index (χ2v) is 4.18. The summed E-state index contributed by atoms with van der Waals surface area (Å²) in [6, 6.07) is 0. The van der Waals surface area contributed by atoms with Crippen molar-refractivity contribution in [2.75, 3.05) is 6.61 Å². The summed E-state index contributed by atoms with van der Waals surface area (Å²) >= 11 is 0. The van der Waals surface area contributed by atoms with Crippen LogP contribution in [0.15, 0.2) is 20.6 Å². The molecular formula is C12H13N3O5. The fourth-order valence-electron chi connectivity index (χ4n) is 1.92. The molecule has 0 aliphatic heterocycles. The monoisotopic (exact) mass is 279 g/mol. The number of carbonyl (C=O) groups excluding carboxylic acids is 1. The largest absolute Gasteiger partial charge is 0.462 e. The molecule has 2 aromatic rings. The highest BCUT2D eigenvalue weighted by Crippen LogP contribution is 2.02. The van der Waals surface area contributed by atoms with Crippen LogP contribution in [0.25, 0.3) is 11.0 Å². The Morgan fingerprint density at radius 2 is 1.90 bits per heavy atom.